The standard InChI is InChI=1S/C30H36ClN3O4S/c1-21(2)32-30(36)28(18-24-12-7-6-8-13-24)33(19-25-14-9-11-22(3)17-25)29(35)20-34(39(5,37)38)27-16-10-15-26(31)23(27)4/h6-17,21,28H,18-20H2,1-5H3,(H,32,36). The highest BCUT2D eigenvalue weighted by atomic mass is 35.5. The van der Waals surface area contributed by atoms with Crippen molar-refractivity contribution < 1.29 is 18.0 Å². The number of anilines is 1. The Morgan fingerprint density at radius 1 is 0.923 bits per heavy atom. The van der Waals surface area contributed by atoms with Crippen molar-refractivity contribution in [2.75, 3.05) is 17.1 Å². The summed E-state index contributed by atoms with van der Waals surface area (Å²) in [5.74, 6) is -0.805. The van der Waals surface area contributed by atoms with E-state index >= 15 is 0 Å². The van der Waals surface area contributed by atoms with Crippen molar-refractivity contribution in [3.05, 3.63) is 100 Å². The van der Waals surface area contributed by atoms with Gasteiger partial charge in [0.1, 0.15) is 12.6 Å². The van der Waals surface area contributed by atoms with Crippen molar-refractivity contribution in [3.63, 3.8) is 0 Å². The van der Waals surface area contributed by atoms with Gasteiger partial charge in [-0.1, -0.05) is 77.8 Å². The van der Waals surface area contributed by atoms with E-state index in [-0.39, 0.29) is 24.9 Å². The summed E-state index contributed by atoms with van der Waals surface area (Å²) in [6.07, 6.45) is 1.32. The minimum Gasteiger partial charge on any atom is -0.352 e. The second-order valence-corrected chi connectivity index (χ2v) is 12.3. The summed E-state index contributed by atoms with van der Waals surface area (Å²) in [7, 11) is -3.86. The van der Waals surface area contributed by atoms with Crippen LogP contribution in [0.25, 0.3) is 0 Å². The summed E-state index contributed by atoms with van der Waals surface area (Å²) >= 11 is 6.29. The molecule has 0 saturated heterocycles. The van der Waals surface area contributed by atoms with Gasteiger partial charge in [0, 0.05) is 24.0 Å². The summed E-state index contributed by atoms with van der Waals surface area (Å²) in [4.78, 5) is 29.1. The fraction of sp³-hybridized carbons (Fsp3) is 0.333. The molecule has 0 aliphatic rings. The number of rotatable bonds is 11. The fourth-order valence-corrected chi connectivity index (χ4v) is 5.47. The average molecular weight is 570 g/mol. The van der Waals surface area contributed by atoms with Gasteiger partial charge >= 0.3 is 0 Å². The van der Waals surface area contributed by atoms with Crippen LogP contribution in [0, 0.1) is 13.8 Å². The Morgan fingerprint density at radius 2 is 1.56 bits per heavy atom. The molecule has 3 aromatic rings. The molecule has 0 aromatic heterocycles. The molecule has 0 spiro atoms. The van der Waals surface area contributed by atoms with E-state index in [1.807, 2.05) is 75.4 Å². The summed E-state index contributed by atoms with van der Waals surface area (Å²) in [5.41, 5.74) is 3.59. The zero-order valence-corrected chi connectivity index (χ0v) is 24.6. The maximum absolute atomic E-state index is 14.1. The van der Waals surface area contributed by atoms with Gasteiger partial charge in [0.15, 0.2) is 0 Å². The normalized spacial score (nSPS) is 12.2. The third kappa shape index (κ3) is 8.31. The predicted octanol–water partition coefficient (Wildman–Crippen LogP) is 4.89. The number of nitrogens with zero attached hydrogens (tertiary/aromatic N) is 2. The fourth-order valence-electron chi connectivity index (χ4n) is 4.40. The van der Waals surface area contributed by atoms with Crippen LogP contribution in [0.3, 0.4) is 0 Å². The molecule has 9 heteroatoms. The molecule has 0 heterocycles. The van der Waals surface area contributed by atoms with Crippen molar-refractivity contribution in [1.82, 2.24) is 10.2 Å². The SMILES string of the molecule is Cc1cccc(CN(C(=O)CN(c2cccc(Cl)c2C)S(C)(=O)=O)C(Cc2ccccc2)C(=O)NC(C)C)c1. The first-order valence-corrected chi connectivity index (χ1v) is 15.0. The van der Waals surface area contributed by atoms with Gasteiger partial charge in [-0.25, -0.2) is 8.42 Å². The highest BCUT2D eigenvalue weighted by Crippen LogP contribution is 2.28. The average Bonchev–Trinajstić information content (AvgIpc) is 2.86. The Morgan fingerprint density at radius 3 is 2.18 bits per heavy atom. The Hall–Kier alpha value is -3.36. The van der Waals surface area contributed by atoms with Gasteiger partial charge in [-0.3, -0.25) is 13.9 Å². The molecule has 3 aromatic carbocycles. The zero-order valence-electron chi connectivity index (χ0n) is 23.0. The number of carbonyl (C=O) groups excluding carboxylic acids is 2. The molecule has 208 valence electrons. The first-order valence-electron chi connectivity index (χ1n) is 12.8. The number of halogens is 1. The smallest absolute Gasteiger partial charge is 0.244 e. The number of nitrogens with one attached hydrogen (secondary N) is 1. The molecule has 0 saturated carbocycles. The molecule has 0 aliphatic heterocycles. The summed E-state index contributed by atoms with van der Waals surface area (Å²) in [5, 5.41) is 3.34. The lowest BCUT2D eigenvalue weighted by molar-refractivity contribution is -0.140. The molecule has 3 rings (SSSR count). The highest BCUT2D eigenvalue weighted by molar-refractivity contribution is 7.92. The van der Waals surface area contributed by atoms with Gasteiger partial charge < -0.3 is 10.2 Å². The molecular formula is C30H36ClN3O4S. The third-order valence-electron chi connectivity index (χ3n) is 6.32. The molecule has 7 nitrogen and oxygen atoms in total. The topological polar surface area (TPSA) is 86.8 Å². The first kappa shape index (κ1) is 30.2. The van der Waals surface area contributed by atoms with Crippen molar-refractivity contribution in [1.29, 1.82) is 0 Å². The number of carbonyl (C=O) groups is 2. The minimum atomic E-state index is -3.86. The van der Waals surface area contributed by atoms with Crippen LogP contribution in [-0.2, 0) is 32.6 Å². The van der Waals surface area contributed by atoms with Crippen molar-refractivity contribution in [2.45, 2.75) is 52.7 Å². The van der Waals surface area contributed by atoms with E-state index in [9.17, 15) is 18.0 Å². The first-order chi connectivity index (χ1) is 18.4. The number of hydrogen-bond acceptors (Lipinski definition) is 4. The lowest BCUT2D eigenvalue weighted by Gasteiger charge is -2.34. The van der Waals surface area contributed by atoms with Gasteiger partial charge in [0.05, 0.1) is 11.9 Å². The monoisotopic (exact) mass is 569 g/mol. The van der Waals surface area contributed by atoms with Crippen LogP contribution in [0.5, 0.6) is 0 Å². The molecule has 1 N–H and O–H groups in total. The maximum atomic E-state index is 14.1. The van der Waals surface area contributed by atoms with E-state index in [2.05, 4.69) is 5.32 Å². The van der Waals surface area contributed by atoms with Crippen LogP contribution in [-0.4, -0.2) is 50.0 Å². The molecule has 0 radical (unpaired) electrons. The molecule has 0 aliphatic carbocycles. The molecule has 2 amide bonds. The number of aryl methyl sites for hydroxylation is 1. The Balaban J connectivity index is 2.08. The number of amides is 2. The minimum absolute atomic E-state index is 0.135. The second kappa shape index (κ2) is 13.1. The quantitative estimate of drug-likeness (QED) is 0.356. The van der Waals surface area contributed by atoms with E-state index in [0.717, 1.165) is 27.3 Å². The van der Waals surface area contributed by atoms with E-state index in [0.29, 0.717) is 16.3 Å². The van der Waals surface area contributed by atoms with Crippen LogP contribution in [0.4, 0.5) is 5.69 Å². The van der Waals surface area contributed by atoms with Crippen LogP contribution < -0.4 is 9.62 Å². The van der Waals surface area contributed by atoms with Crippen molar-refractivity contribution >= 4 is 39.1 Å². The molecule has 0 bridgehead atoms. The maximum Gasteiger partial charge on any atom is 0.244 e. The molecule has 39 heavy (non-hydrogen) atoms. The van der Waals surface area contributed by atoms with Gasteiger partial charge in [0.2, 0.25) is 21.8 Å². The van der Waals surface area contributed by atoms with E-state index < -0.39 is 28.5 Å². The molecular weight excluding hydrogens is 534 g/mol. The molecule has 0 fully saturated rings. The van der Waals surface area contributed by atoms with Crippen molar-refractivity contribution in [3.8, 4) is 0 Å². The summed E-state index contributed by atoms with van der Waals surface area (Å²) in [6, 6.07) is 21.1. The molecule has 1 atom stereocenters. The van der Waals surface area contributed by atoms with E-state index in [1.54, 1.807) is 25.1 Å². The van der Waals surface area contributed by atoms with Gasteiger partial charge in [-0.05, 0) is 56.5 Å². The lowest BCUT2D eigenvalue weighted by atomic mass is 10.0. The van der Waals surface area contributed by atoms with Gasteiger partial charge in [0.25, 0.3) is 0 Å². The number of sulfonamides is 1. The molecule has 1 unspecified atom stereocenters. The van der Waals surface area contributed by atoms with Crippen LogP contribution in [0.15, 0.2) is 72.8 Å². The largest absolute Gasteiger partial charge is 0.352 e. The Kier molecular flexibility index (Phi) is 10.2. The third-order valence-corrected chi connectivity index (χ3v) is 7.86. The van der Waals surface area contributed by atoms with E-state index in [4.69, 9.17) is 11.6 Å². The van der Waals surface area contributed by atoms with Gasteiger partial charge in [-0.2, -0.15) is 0 Å². The second-order valence-electron chi connectivity index (χ2n) is 10.0. The Labute approximate surface area is 236 Å². The van der Waals surface area contributed by atoms with Crippen LogP contribution >= 0.6 is 11.6 Å². The Bertz CT molecular complexity index is 1410. The summed E-state index contributed by atoms with van der Waals surface area (Å²) < 4.78 is 26.9. The predicted molar refractivity (Wildman–Crippen MR) is 157 cm³/mol. The van der Waals surface area contributed by atoms with Gasteiger partial charge in [-0.15, -0.1) is 0 Å². The lowest BCUT2D eigenvalue weighted by Crippen LogP contribution is -2.54. The summed E-state index contributed by atoms with van der Waals surface area (Å²) in [6.45, 7) is 7.03. The number of hydrogen-bond donors (Lipinski definition) is 1. The van der Waals surface area contributed by atoms with Crippen molar-refractivity contribution in [2.24, 2.45) is 0 Å². The number of benzene rings is 3. The zero-order chi connectivity index (χ0) is 28.7. The van der Waals surface area contributed by atoms with Crippen LogP contribution in [0.2, 0.25) is 5.02 Å². The highest BCUT2D eigenvalue weighted by Gasteiger charge is 2.33. The van der Waals surface area contributed by atoms with E-state index in [1.165, 1.54) is 4.90 Å². The van der Waals surface area contributed by atoms with Crippen LogP contribution in [0.1, 0.15) is 36.1 Å².